The number of carbonyl (C=O) groups excluding carboxylic acids is 1. The molecule has 10 heteroatoms. The number of aromatic hydroxyl groups is 1. The number of aliphatic hydroxyl groups excluding tert-OH is 2. The minimum atomic E-state index is -3.67. The summed E-state index contributed by atoms with van der Waals surface area (Å²) in [7, 11) is -3.67. The Hall–Kier alpha value is -2.50. The fourth-order valence-electron chi connectivity index (χ4n) is 3.56. The number of hydrogen-bond donors (Lipinski definition) is 5. The van der Waals surface area contributed by atoms with Crippen LogP contribution in [0.3, 0.4) is 0 Å². The van der Waals surface area contributed by atoms with Gasteiger partial charge in [0.25, 0.3) is 5.91 Å². The molecule has 0 aromatic heterocycles. The van der Waals surface area contributed by atoms with Crippen LogP contribution in [0.5, 0.6) is 5.75 Å². The summed E-state index contributed by atoms with van der Waals surface area (Å²) in [6, 6.07) is 10.9. The molecule has 0 saturated heterocycles. The molecule has 0 radical (unpaired) electrons. The number of aryl methyl sites for hydroxylation is 1. The minimum absolute atomic E-state index is 0.0824. The summed E-state index contributed by atoms with van der Waals surface area (Å²) in [4.78, 5) is 12.2. The van der Waals surface area contributed by atoms with Crippen molar-refractivity contribution in [1.29, 1.82) is 0 Å². The van der Waals surface area contributed by atoms with Crippen molar-refractivity contribution in [2.45, 2.75) is 62.6 Å². The Morgan fingerprint density at radius 1 is 1.00 bits per heavy atom. The van der Waals surface area contributed by atoms with Gasteiger partial charge in [-0.3, -0.25) is 4.79 Å². The maximum Gasteiger partial charge on any atom is 0.253 e. The zero-order valence-electron chi connectivity index (χ0n) is 19.9. The predicted molar refractivity (Wildman–Crippen MR) is 132 cm³/mol. The van der Waals surface area contributed by atoms with Crippen molar-refractivity contribution >= 4 is 15.9 Å². The van der Waals surface area contributed by atoms with Crippen molar-refractivity contribution in [3.63, 3.8) is 0 Å². The van der Waals surface area contributed by atoms with E-state index < -0.39 is 22.0 Å². The molecule has 6 N–H and O–H groups in total. The van der Waals surface area contributed by atoms with Gasteiger partial charge in [-0.05, 0) is 67.5 Å². The fraction of sp³-hybridized carbons (Fsp3) is 0.480. The minimum Gasteiger partial charge on any atom is -0.508 e. The van der Waals surface area contributed by atoms with Crippen molar-refractivity contribution in [2.24, 2.45) is 5.14 Å². The second-order valence-electron chi connectivity index (χ2n) is 8.42. The molecule has 1 amide bonds. The molecule has 9 nitrogen and oxygen atoms in total. The van der Waals surface area contributed by atoms with Crippen LogP contribution in [0.15, 0.2) is 47.4 Å². The summed E-state index contributed by atoms with van der Waals surface area (Å²) in [5.74, 6) is -0.597. The van der Waals surface area contributed by atoms with Gasteiger partial charge in [-0.25, -0.2) is 13.6 Å². The number of sulfonamides is 1. The molecule has 2 aromatic carbocycles. The summed E-state index contributed by atoms with van der Waals surface area (Å²) in [5.41, 5.74) is 1.51. The molecule has 0 saturated carbocycles. The first-order valence-corrected chi connectivity index (χ1v) is 13.3. The van der Waals surface area contributed by atoms with Gasteiger partial charge in [0.1, 0.15) is 5.75 Å². The number of phenols is 1. The van der Waals surface area contributed by atoms with Crippen molar-refractivity contribution in [2.75, 3.05) is 19.8 Å². The number of ether oxygens (including phenoxy) is 1. The number of unbranched alkanes of at least 4 members (excludes halogenated alkanes) is 4. The van der Waals surface area contributed by atoms with Crippen LogP contribution >= 0.6 is 0 Å². The Kier molecular flexibility index (Phi) is 12.1. The van der Waals surface area contributed by atoms with Gasteiger partial charge in [-0.2, -0.15) is 0 Å². The summed E-state index contributed by atoms with van der Waals surface area (Å²) < 4.78 is 28.4. The molecule has 35 heavy (non-hydrogen) atoms. The standard InChI is InChI=1S/C25H36N2O7S/c26-35(32,33)22-10-7-9-19(16-22)8-3-6-15-34-14-5-2-1-4-13-27-25(31)24(30)20-11-12-23(29)21(17-20)18-28/h7,9-12,16-17,24,28-30H,1-6,8,13-15,18H2,(H,27,31)(H2,26,32,33). The van der Waals surface area contributed by atoms with Crippen LogP contribution in [-0.2, 0) is 32.6 Å². The van der Waals surface area contributed by atoms with E-state index in [0.29, 0.717) is 25.3 Å². The van der Waals surface area contributed by atoms with Gasteiger partial charge in [0, 0.05) is 25.3 Å². The molecule has 0 aliphatic rings. The van der Waals surface area contributed by atoms with Crippen molar-refractivity contribution in [3.05, 3.63) is 59.2 Å². The Labute approximate surface area is 207 Å². The third kappa shape index (κ3) is 10.3. The number of primary sulfonamides is 1. The third-order valence-electron chi connectivity index (χ3n) is 5.58. The summed E-state index contributed by atoms with van der Waals surface area (Å²) >= 11 is 0. The number of nitrogens with two attached hydrogens (primary N) is 1. The average Bonchev–Trinajstić information content (AvgIpc) is 2.84. The van der Waals surface area contributed by atoms with E-state index in [1.165, 1.54) is 24.3 Å². The number of amides is 1. The van der Waals surface area contributed by atoms with E-state index >= 15 is 0 Å². The van der Waals surface area contributed by atoms with Gasteiger partial charge < -0.3 is 25.4 Å². The van der Waals surface area contributed by atoms with Gasteiger partial charge in [-0.15, -0.1) is 0 Å². The van der Waals surface area contributed by atoms with Gasteiger partial charge in [-0.1, -0.05) is 31.0 Å². The zero-order chi connectivity index (χ0) is 25.7. The molecule has 0 bridgehead atoms. The van der Waals surface area contributed by atoms with E-state index in [4.69, 9.17) is 9.88 Å². The lowest BCUT2D eigenvalue weighted by Crippen LogP contribution is -2.30. The first-order valence-electron chi connectivity index (χ1n) is 11.8. The number of carbonyl (C=O) groups is 1. The normalized spacial score (nSPS) is 12.4. The van der Waals surface area contributed by atoms with E-state index in [9.17, 15) is 28.5 Å². The van der Waals surface area contributed by atoms with Crippen LogP contribution in [0.1, 0.15) is 61.3 Å². The van der Waals surface area contributed by atoms with E-state index in [1.807, 2.05) is 6.07 Å². The van der Waals surface area contributed by atoms with E-state index in [0.717, 1.165) is 50.5 Å². The highest BCUT2D eigenvalue weighted by atomic mass is 32.2. The van der Waals surface area contributed by atoms with Gasteiger partial charge in [0.15, 0.2) is 6.10 Å². The predicted octanol–water partition coefficient (Wildman–Crippen LogP) is 2.28. The molecular formula is C25H36N2O7S. The number of hydrogen-bond acceptors (Lipinski definition) is 7. The molecule has 2 rings (SSSR count). The first-order chi connectivity index (χ1) is 16.7. The molecule has 0 aliphatic heterocycles. The number of rotatable bonds is 16. The maximum atomic E-state index is 12.1. The molecular weight excluding hydrogens is 472 g/mol. The van der Waals surface area contributed by atoms with E-state index in [1.54, 1.807) is 12.1 Å². The molecule has 0 heterocycles. The van der Waals surface area contributed by atoms with E-state index in [2.05, 4.69) is 5.32 Å². The lowest BCUT2D eigenvalue weighted by Gasteiger charge is -2.13. The summed E-state index contributed by atoms with van der Waals surface area (Å²) in [6.07, 6.45) is 4.79. The fourth-order valence-corrected chi connectivity index (χ4v) is 4.14. The Balaban J connectivity index is 1.48. The van der Waals surface area contributed by atoms with Crippen LogP contribution < -0.4 is 10.5 Å². The summed E-state index contributed by atoms with van der Waals surface area (Å²) in [6.45, 7) is 1.39. The first kappa shape index (κ1) is 28.7. The van der Waals surface area contributed by atoms with Crippen molar-refractivity contribution in [1.82, 2.24) is 5.32 Å². The van der Waals surface area contributed by atoms with Crippen LogP contribution in [0, 0.1) is 0 Å². The van der Waals surface area contributed by atoms with Gasteiger partial charge >= 0.3 is 0 Å². The molecule has 0 aliphatic carbocycles. The van der Waals surface area contributed by atoms with Crippen LogP contribution in [-0.4, -0.2) is 49.4 Å². The molecule has 194 valence electrons. The Morgan fingerprint density at radius 3 is 2.43 bits per heavy atom. The highest BCUT2D eigenvalue weighted by Crippen LogP contribution is 2.22. The zero-order valence-corrected chi connectivity index (χ0v) is 20.7. The van der Waals surface area contributed by atoms with Crippen LogP contribution in [0.25, 0.3) is 0 Å². The van der Waals surface area contributed by atoms with Crippen LogP contribution in [0.4, 0.5) is 0 Å². The van der Waals surface area contributed by atoms with E-state index in [-0.39, 0.29) is 22.8 Å². The average molecular weight is 509 g/mol. The highest BCUT2D eigenvalue weighted by molar-refractivity contribution is 7.89. The maximum absolute atomic E-state index is 12.1. The monoisotopic (exact) mass is 508 g/mol. The largest absolute Gasteiger partial charge is 0.508 e. The van der Waals surface area contributed by atoms with Gasteiger partial charge in [0.2, 0.25) is 10.0 Å². The van der Waals surface area contributed by atoms with Crippen molar-refractivity contribution < 1.29 is 33.3 Å². The molecule has 1 unspecified atom stereocenters. The second-order valence-corrected chi connectivity index (χ2v) is 9.98. The molecule has 2 aromatic rings. The highest BCUT2D eigenvalue weighted by Gasteiger charge is 2.18. The molecule has 0 spiro atoms. The quantitative estimate of drug-likeness (QED) is 0.218. The number of nitrogens with one attached hydrogen (secondary N) is 1. The summed E-state index contributed by atoms with van der Waals surface area (Å²) in [5, 5.41) is 36.8. The lowest BCUT2D eigenvalue weighted by atomic mass is 10.0. The SMILES string of the molecule is NS(=O)(=O)c1cccc(CCCCOCCCCCCNC(=O)C(O)c2ccc(O)c(CO)c2)c1. The number of benzene rings is 2. The molecule has 0 fully saturated rings. The second kappa shape index (κ2) is 14.8. The van der Waals surface area contributed by atoms with Gasteiger partial charge in [0.05, 0.1) is 11.5 Å². The van der Waals surface area contributed by atoms with Crippen molar-refractivity contribution in [3.8, 4) is 5.75 Å². The Bertz CT molecular complexity index is 1040. The number of aliphatic hydroxyl groups is 2. The topological polar surface area (TPSA) is 159 Å². The van der Waals surface area contributed by atoms with Crippen LogP contribution in [0.2, 0.25) is 0 Å². The lowest BCUT2D eigenvalue weighted by molar-refractivity contribution is -0.129. The smallest absolute Gasteiger partial charge is 0.253 e. The Morgan fingerprint density at radius 2 is 1.71 bits per heavy atom. The molecule has 1 atom stereocenters. The third-order valence-corrected chi connectivity index (χ3v) is 6.49.